The Morgan fingerprint density at radius 3 is 2.86 bits per heavy atom. The van der Waals surface area contributed by atoms with Crippen LogP contribution in [0.1, 0.15) is 23.6 Å². The monoisotopic (exact) mass is 314 g/mol. The molecule has 112 valence electrons. The second kappa shape index (κ2) is 4.61. The fourth-order valence-corrected chi connectivity index (χ4v) is 3.51. The lowest BCUT2D eigenvalue weighted by Gasteiger charge is -2.13. The molecule has 0 saturated heterocycles. The van der Waals surface area contributed by atoms with Crippen LogP contribution < -0.4 is 0 Å². The second-order valence-electron chi connectivity index (χ2n) is 5.55. The summed E-state index contributed by atoms with van der Waals surface area (Å²) >= 11 is 0. The number of nitrogens with zero attached hydrogens (tertiary/aromatic N) is 4. The lowest BCUT2D eigenvalue weighted by atomic mass is 10.1. The number of aromatic nitrogens is 4. The van der Waals surface area contributed by atoms with Gasteiger partial charge in [-0.3, -0.25) is 0 Å². The van der Waals surface area contributed by atoms with Gasteiger partial charge in [0.2, 0.25) is 15.0 Å². The summed E-state index contributed by atoms with van der Waals surface area (Å²) in [6, 6.07) is 8.36. The van der Waals surface area contributed by atoms with E-state index in [0.29, 0.717) is 5.65 Å². The van der Waals surface area contributed by atoms with E-state index in [-0.39, 0.29) is 11.2 Å². The summed E-state index contributed by atoms with van der Waals surface area (Å²) in [4.78, 5) is 8.14. The Labute approximate surface area is 127 Å². The first kappa shape index (κ1) is 13.4. The van der Waals surface area contributed by atoms with E-state index in [2.05, 4.69) is 27.2 Å². The van der Waals surface area contributed by atoms with E-state index in [4.69, 9.17) is 0 Å². The molecule has 1 aromatic carbocycles. The molecule has 0 bridgehead atoms. The zero-order valence-corrected chi connectivity index (χ0v) is 12.8. The summed E-state index contributed by atoms with van der Waals surface area (Å²) in [7, 11) is -3.44. The molecule has 6 nitrogen and oxygen atoms in total. The molecule has 1 aliphatic carbocycles. The van der Waals surface area contributed by atoms with Crippen LogP contribution in [0.4, 0.5) is 0 Å². The van der Waals surface area contributed by atoms with Crippen LogP contribution in [0, 0.1) is 0 Å². The van der Waals surface area contributed by atoms with Crippen LogP contribution in [0.15, 0.2) is 41.8 Å². The third kappa shape index (κ3) is 2.00. The Morgan fingerprint density at radius 2 is 2.05 bits per heavy atom. The third-order valence-electron chi connectivity index (χ3n) is 4.04. The number of hydrogen-bond acceptors (Lipinski definition) is 5. The van der Waals surface area contributed by atoms with Gasteiger partial charge in [-0.05, 0) is 24.0 Å². The maximum atomic E-state index is 11.7. The maximum Gasteiger partial charge on any atom is 0.248 e. The average Bonchev–Trinajstić information content (AvgIpc) is 3.08. The molecule has 4 rings (SSSR count). The zero-order chi connectivity index (χ0) is 15.3. The molecule has 7 heteroatoms. The topological polar surface area (TPSA) is 77.7 Å². The van der Waals surface area contributed by atoms with Gasteiger partial charge in [0.1, 0.15) is 0 Å². The molecule has 2 aromatic heterocycles. The van der Waals surface area contributed by atoms with Crippen LogP contribution in [0.25, 0.3) is 11.0 Å². The van der Waals surface area contributed by atoms with E-state index in [0.717, 1.165) is 24.5 Å². The van der Waals surface area contributed by atoms with Gasteiger partial charge in [-0.25, -0.2) is 18.1 Å². The van der Waals surface area contributed by atoms with E-state index in [9.17, 15) is 8.42 Å². The minimum absolute atomic E-state index is 0.0935. The quantitative estimate of drug-likeness (QED) is 0.674. The van der Waals surface area contributed by atoms with Crippen LogP contribution >= 0.6 is 0 Å². The van der Waals surface area contributed by atoms with Crippen molar-refractivity contribution in [2.75, 3.05) is 6.26 Å². The Bertz CT molecular complexity index is 978. The van der Waals surface area contributed by atoms with E-state index < -0.39 is 9.84 Å². The largest absolute Gasteiger partial charge is 0.248 e. The molecular formula is C15H14N4O2S. The summed E-state index contributed by atoms with van der Waals surface area (Å²) in [5, 5.41) is 5.01. The van der Waals surface area contributed by atoms with Crippen molar-refractivity contribution >= 4 is 20.9 Å². The summed E-state index contributed by atoms with van der Waals surface area (Å²) in [5.41, 5.74) is 3.11. The SMILES string of the molecule is CS(=O)(=O)c1ncc2cnn(C3CCc4ccccc43)c2n1. The van der Waals surface area contributed by atoms with E-state index in [1.807, 2.05) is 16.8 Å². The summed E-state index contributed by atoms with van der Waals surface area (Å²) in [5.74, 6) is 0. The predicted octanol–water partition coefficient (Wildman–Crippen LogP) is 1.77. The Kier molecular flexibility index (Phi) is 2.80. The zero-order valence-electron chi connectivity index (χ0n) is 12.0. The van der Waals surface area contributed by atoms with Gasteiger partial charge in [0.15, 0.2) is 5.65 Å². The Balaban J connectivity index is 1.90. The highest BCUT2D eigenvalue weighted by molar-refractivity contribution is 7.90. The van der Waals surface area contributed by atoms with Crippen molar-refractivity contribution in [1.29, 1.82) is 0 Å². The second-order valence-corrected chi connectivity index (χ2v) is 7.46. The van der Waals surface area contributed by atoms with Crippen LogP contribution in [0.2, 0.25) is 0 Å². The van der Waals surface area contributed by atoms with Gasteiger partial charge in [-0.2, -0.15) is 10.1 Å². The van der Waals surface area contributed by atoms with Gasteiger partial charge in [-0.15, -0.1) is 0 Å². The minimum Gasteiger partial charge on any atom is -0.240 e. The maximum absolute atomic E-state index is 11.7. The molecule has 0 saturated carbocycles. The van der Waals surface area contributed by atoms with Gasteiger partial charge < -0.3 is 0 Å². The first-order valence-electron chi connectivity index (χ1n) is 7.02. The van der Waals surface area contributed by atoms with Crippen molar-refractivity contribution < 1.29 is 8.42 Å². The number of benzene rings is 1. The molecule has 0 N–H and O–H groups in total. The van der Waals surface area contributed by atoms with Crippen molar-refractivity contribution in [3.05, 3.63) is 47.8 Å². The first-order chi connectivity index (χ1) is 10.5. The Hall–Kier alpha value is -2.28. The van der Waals surface area contributed by atoms with Crippen molar-refractivity contribution in [3.8, 4) is 0 Å². The van der Waals surface area contributed by atoms with Crippen LogP contribution in [0.5, 0.6) is 0 Å². The van der Waals surface area contributed by atoms with Gasteiger partial charge >= 0.3 is 0 Å². The first-order valence-corrected chi connectivity index (χ1v) is 8.91. The molecule has 3 aromatic rings. The predicted molar refractivity (Wildman–Crippen MR) is 81.3 cm³/mol. The summed E-state index contributed by atoms with van der Waals surface area (Å²) in [6.45, 7) is 0. The highest BCUT2D eigenvalue weighted by Crippen LogP contribution is 2.35. The number of rotatable bonds is 2. The van der Waals surface area contributed by atoms with Crippen LogP contribution in [-0.4, -0.2) is 34.4 Å². The fraction of sp³-hybridized carbons (Fsp3) is 0.267. The molecule has 0 fully saturated rings. The number of fused-ring (bicyclic) bond motifs is 2. The van der Waals surface area contributed by atoms with Gasteiger partial charge in [-0.1, -0.05) is 24.3 Å². The van der Waals surface area contributed by atoms with E-state index >= 15 is 0 Å². The van der Waals surface area contributed by atoms with Crippen molar-refractivity contribution in [2.24, 2.45) is 0 Å². The lowest BCUT2D eigenvalue weighted by molar-refractivity contribution is 0.530. The van der Waals surface area contributed by atoms with Gasteiger partial charge in [0.05, 0.1) is 17.6 Å². The molecule has 0 amide bonds. The Morgan fingerprint density at radius 1 is 1.23 bits per heavy atom. The van der Waals surface area contributed by atoms with E-state index in [1.165, 1.54) is 17.3 Å². The normalized spacial score (nSPS) is 17.8. The fourth-order valence-electron chi connectivity index (χ4n) is 3.02. The molecule has 0 radical (unpaired) electrons. The van der Waals surface area contributed by atoms with Gasteiger partial charge in [0.25, 0.3) is 0 Å². The molecule has 1 unspecified atom stereocenters. The van der Waals surface area contributed by atoms with Crippen molar-refractivity contribution in [1.82, 2.24) is 19.7 Å². The van der Waals surface area contributed by atoms with Crippen LogP contribution in [0.3, 0.4) is 0 Å². The molecule has 1 aliphatic rings. The number of sulfone groups is 1. The minimum atomic E-state index is -3.44. The molecule has 2 heterocycles. The van der Waals surface area contributed by atoms with Crippen molar-refractivity contribution in [2.45, 2.75) is 24.0 Å². The molecule has 0 aliphatic heterocycles. The van der Waals surface area contributed by atoms with Gasteiger partial charge in [0, 0.05) is 12.5 Å². The number of hydrogen-bond donors (Lipinski definition) is 0. The summed E-state index contributed by atoms with van der Waals surface area (Å²) in [6.07, 6.45) is 6.24. The van der Waals surface area contributed by atoms with Crippen molar-refractivity contribution in [3.63, 3.8) is 0 Å². The smallest absolute Gasteiger partial charge is 0.240 e. The molecule has 1 atom stereocenters. The lowest BCUT2D eigenvalue weighted by Crippen LogP contribution is -2.11. The summed E-state index contributed by atoms with van der Waals surface area (Å²) < 4.78 is 25.2. The molecule has 0 spiro atoms. The molecule has 22 heavy (non-hydrogen) atoms. The number of aryl methyl sites for hydroxylation is 1. The average molecular weight is 314 g/mol. The van der Waals surface area contributed by atoms with Crippen LogP contribution in [-0.2, 0) is 16.3 Å². The standard InChI is InChI=1S/C15H14N4O2S/c1-22(20,21)15-16-8-11-9-17-19(14(11)18-15)13-7-6-10-4-2-3-5-12(10)13/h2-5,8-9,13H,6-7H2,1H3. The highest BCUT2D eigenvalue weighted by Gasteiger charge is 2.26. The molecular weight excluding hydrogens is 300 g/mol. The third-order valence-corrected chi connectivity index (χ3v) is 4.90. The van der Waals surface area contributed by atoms with E-state index in [1.54, 1.807) is 6.20 Å². The highest BCUT2D eigenvalue weighted by atomic mass is 32.2.